The summed E-state index contributed by atoms with van der Waals surface area (Å²) >= 11 is 0. The van der Waals surface area contributed by atoms with Crippen LogP contribution in [0.5, 0.6) is 0 Å². The third-order valence-corrected chi connectivity index (χ3v) is 8.48. The Hall–Kier alpha value is -3.35. The van der Waals surface area contributed by atoms with Crippen molar-refractivity contribution in [3.05, 3.63) is 71.7 Å². The number of carbonyl (C=O) groups excluding carboxylic acids is 1. The van der Waals surface area contributed by atoms with Gasteiger partial charge in [0, 0.05) is 36.1 Å². The van der Waals surface area contributed by atoms with Gasteiger partial charge in [0.25, 0.3) is 15.9 Å². The van der Waals surface area contributed by atoms with Gasteiger partial charge in [0.2, 0.25) is 10.0 Å². The normalized spacial score (nSPS) is 11.9. The third kappa shape index (κ3) is 6.21. The van der Waals surface area contributed by atoms with Crippen LogP contribution in [0.25, 0.3) is 0 Å². The van der Waals surface area contributed by atoms with Crippen LogP contribution in [0.3, 0.4) is 0 Å². The zero-order chi connectivity index (χ0) is 25.8. The maximum Gasteiger partial charge on any atom is 0.263 e. The molecule has 3 rings (SSSR count). The zero-order valence-electron chi connectivity index (χ0n) is 19.8. The summed E-state index contributed by atoms with van der Waals surface area (Å²) < 4.78 is 54.6. The Labute approximate surface area is 205 Å². The van der Waals surface area contributed by atoms with Crippen molar-refractivity contribution in [1.29, 1.82) is 0 Å². The summed E-state index contributed by atoms with van der Waals surface area (Å²) in [6.45, 7) is 7.51. The Morgan fingerprint density at radius 3 is 2.14 bits per heavy atom. The minimum Gasteiger partial charge on any atom is -0.322 e. The van der Waals surface area contributed by atoms with E-state index in [4.69, 9.17) is 0 Å². The van der Waals surface area contributed by atoms with E-state index in [1.807, 2.05) is 0 Å². The van der Waals surface area contributed by atoms with Crippen LogP contribution in [0.2, 0.25) is 0 Å². The van der Waals surface area contributed by atoms with E-state index in [-0.39, 0.29) is 21.2 Å². The van der Waals surface area contributed by atoms with Crippen molar-refractivity contribution < 1.29 is 21.6 Å². The van der Waals surface area contributed by atoms with Gasteiger partial charge < -0.3 is 5.32 Å². The van der Waals surface area contributed by atoms with Crippen LogP contribution >= 0.6 is 0 Å². The second-order valence-corrected chi connectivity index (χ2v) is 11.3. The number of nitrogens with zero attached hydrogens (tertiary/aromatic N) is 3. The molecule has 0 saturated carbocycles. The summed E-state index contributed by atoms with van der Waals surface area (Å²) in [5.74, 6) is 0.0731. The largest absolute Gasteiger partial charge is 0.322 e. The summed E-state index contributed by atoms with van der Waals surface area (Å²) in [7, 11) is -7.62. The molecule has 0 saturated heterocycles. The summed E-state index contributed by atoms with van der Waals surface area (Å²) in [6, 6.07) is 12.9. The van der Waals surface area contributed by atoms with E-state index in [1.165, 1.54) is 58.9 Å². The number of benzene rings is 2. The molecule has 186 valence electrons. The molecule has 1 aromatic heterocycles. The molecular formula is C23H27N5O5S2. The molecule has 1 amide bonds. The second kappa shape index (κ2) is 10.5. The van der Waals surface area contributed by atoms with E-state index >= 15 is 0 Å². The lowest BCUT2D eigenvalue weighted by Crippen LogP contribution is -2.30. The maximum absolute atomic E-state index is 12.8. The first kappa shape index (κ1) is 26.3. The predicted molar refractivity (Wildman–Crippen MR) is 133 cm³/mol. The number of hydrogen-bond donors (Lipinski definition) is 2. The predicted octanol–water partition coefficient (Wildman–Crippen LogP) is 3.18. The second-order valence-electron chi connectivity index (χ2n) is 7.64. The molecule has 1 heterocycles. The van der Waals surface area contributed by atoms with Crippen LogP contribution in [-0.4, -0.2) is 50.1 Å². The highest BCUT2D eigenvalue weighted by molar-refractivity contribution is 7.92. The molecule has 0 radical (unpaired) electrons. The van der Waals surface area contributed by atoms with Crippen molar-refractivity contribution in [1.82, 2.24) is 14.3 Å². The highest BCUT2D eigenvalue weighted by Gasteiger charge is 2.22. The third-order valence-electron chi connectivity index (χ3n) is 5.07. The smallest absolute Gasteiger partial charge is 0.263 e. The molecule has 0 aliphatic carbocycles. The maximum atomic E-state index is 12.8. The number of anilines is 2. The fourth-order valence-corrected chi connectivity index (χ4v) is 5.89. The van der Waals surface area contributed by atoms with E-state index in [0.29, 0.717) is 30.3 Å². The molecule has 35 heavy (non-hydrogen) atoms. The van der Waals surface area contributed by atoms with Crippen molar-refractivity contribution in [3.63, 3.8) is 0 Å². The summed E-state index contributed by atoms with van der Waals surface area (Å²) in [5.41, 5.74) is 1.13. The number of amides is 1. The van der Waals surface area contributed by atoms with Crippen LogP contribution in [-0.2, 0) is 20.0 Å². The molecule has 0 spiro atoms. The number of aryl methyl sites for hydroxylation is 2. The molecule has 3 aromatic rings. The van der Waals surface area contributed by atoms with Crippen molar-refractivity contribution in [2.75, 3.05) is 23.1 Å². The summed E-state index contributed by atoms with van der Waals surface area (Å²) in [4.78, 5) is 20.9. The number of carbonyl (C=O) groups is 1. The van der Waals surface area contributed by atoms with E-state index in [9.17, 15) is 21.6 Å². The fraction of sp³-hybridized carbons (Fsp3) is 0.261. The van der Waals surface area contributed by atoms with E-state index in [2.05, 4.69) is 20.0 Å². The van der Waals surface area contributed by atoms with Crippen LogP contribution in [0, 0.1) is 13.8 Å². The van der Waals surface area contributed by atoms with Crippen LogP contribution in [0.4, 0.5) is 11.5 Å². The fourth-order valence-electron chi connectivity index (χ4n) is 3.40. The highest BCUT2D eigenvalue weighted by Crippen LogP contribution is 2.20. The summed E-state index contributed by atoms with van der Waals surface area (Å²) in [6.07, 6.45) is 0. The number of sulfonamides is 2. The molecule has 0 fully saturated rings. The molecular weight excluding hydrogens is 490 g/mol. The average molecular weight is 518 g/mol. The van der Waals surface area contributed by atoms with Gasteiger partial charge >= 0.3 is 0 Å². The van der Waals surface area contributed by atoms with Crippen molar-refractivity contribution in [2.45, 2.75) is 37.5 Å². The molecule has 2 aromatic carbocycles. The SMILES string of the molecule is CCN(CC)S(=O)(=O)c1cccc(C(=O)Nc2ccc(S(=O)(=O)Nc3cc(C)nc(C)n3)cc2)c1. The molecule has 10 nitrogen and oxygen atoms in total. The molecule has 0 aliphatic rings. The minimum atomic E-state index is -3.90. The lowest BCUT2D eigenvalue weighted by molar-refractivity contribution is 0.102. The lowest BCUT2D eigenvalue weighted by atomic mass is 10.2. The van der Waals surface area contributed by atoms with Crippen LogP contribution in [0.15, 0.2) is 64.4 Å². The molecule has 0 bridgehead atoms. The quantitative estimate of drug-likeness (QED) is 0.444. The van der Waals surface area contributed by atoms with Gasteiger partial charge in [-0.2, -0.15) is 4.31 Å². The van der Waals surface area contributed by atoms with Gasteiger partial charge in [0.1, 0.15) is 11.6 Å². The molecule has 0 aliphatic heterocycles. The van der Waals surface area contributed by atoms with Gasteiger partial charge in [0.15, 0.2) is 0 Å². The number of aromatic nitrogens is 2. The van der Waals surface area contributed by atoms with E-state index in [1.54, 1.807) is 27.7 Å². The Balaban J connectivity index is 1.76. The lowest BCUT2D eigenvalue weighted by Gasteiger charge is -2.18. The Bertz CT molecular complexity index is 1420. The van der Waals surface area contributed by atoms with Crippen molar-refractivity contribution in [2.24, 2.45) is 0 Å². The zero-order valence-corrected chi connectivity index (χ0v) is 21.4. The molecule has 0 unspecified atom stereocenters. The van der Waals surface area contributed by atoms with Gasteiger partial charge in [-0.05, 0) is 56.3 Å². The standard InChI is InChI=1S/C23H27N5O5S2/c1-5-28(6-2)35(32,33)21-9-7-8-18(15-21)23(29)26-19-10-12-20(13-11-19)34(30,31)27-22-14-16(3)24-17(4)25-22/h7-15H,5-6H2,1-4H3,(H,26,29)(H,24,25,27). The van der Waals surface area contributed by atoms with Crippen LogP contribution < -0.4 is 10.0 Å². The first-order chi connectivity index (χ1) is 16.5. The Morgan fingerprint density at radius 1 is 0.886 bits per heavy atom. The van der Waals surface area contributed by atoms with E-state index in [0.717, 1.165) is 0 Å². The topological polar surface area (TPSA) is 138 Å². The first-order valence-corrected chi connectivity index (χ1v) is 13.8. The van der Waals surface area contributed by atoms with Gasteiger partial charge in [-0.25, -0.2) is 26.8 Å². The number of nitrogens with one attached hydrogen (secondary N) is 2. The average Bonchev–Trinajstić information content (AvgIpc) is 2.79. The number of hydrogen-bond acceptors (Lipinski definition) is 7. The first-order valence-electron chi connectivity index (χ1n) is 10.8. The highest BCUT2D eigenvalue weighted by atomic mass is 32.2. The molecule has 2 N–H and O–H groups in total. The molecule has 12 heteroatoms. The molecule has 0 atom stereocenters. The van der Waals surface area contributed by atoms with Gasteiger partial charge in [-0.15, -0.1) is 0 Å². The summed E-state index contributed by atoms with van der Waals surface area (Å²) in [5, 5.41) is 2.65. The Kier molecular flexibility index (Phi) is 7.88. The van der Waals surface area contributed by atoms with Crippen molar-refractivity contribution in [3.8, 4) is 0 Å². The van der Waals surface area contributed by atoms with Crippen molar-refractivity contribution >= 4 is 37.5 Å². The monoisotopic (exact) mass is 517 g/mol. The Morgan fingerprint density at radius 2 is 1.54 bits per heavy atom. The van der Waals surface area contributed by atoms with Gasteiger partial charge in [-0.1, -0.05) is 19.9 Å². The van der Waals surface area contributed by atoms with Crippen LogP contribution in [0.1, 0.15) is 35.7 Å². The van der Waals surface area contributed by atoms with E-state index < -0.39 is 26.0 Å². The van der Waals surface area contributed by atoms with Gasteiger partial charge in [0.05, 0.1) is 9.79 Å². The minimum absolute atomic E-state index is 0.0169. The number of rotatable bonds is 9. The van der Waals surface area contributed by atoms with Gasteiger partial charge in [-0.3, -0.25) is 9.52 Å².